The van der Waals surface area contributed by atoms with E-state index >= 15 is 0 Å². The number of hydrogen-bond acceptors (Lipinski definition) is 13. The van der Waals surface area contributed by atoms with Gasteiger partial charge >= 0.3 is 0 Å². The molecular weight excluding hydrogens is 460 g/mol. The second-order valence-corrected chi connectivity index (χ2v) is 8.25. The fourth-order valence-corrected chi connectivity index (χ4v) is 3.76. The van der Waals surface area contributed by atoms with Gasteiger partial charge in [0, 0.05) is 13.0 Å². The Kier molecular flexibility index (Phi) is 9.05. The molecule has 1 unspecified atom stereocenters. The summed E-state index contributed by atoms with van der Waals surface area (Å²) in [5.74, 6) is 0.269. The van der Waals surface area contributed by atoms with E-state index in [1.54, 1.807) is 0 Å². The Morgan fingerprint density at radius 2 is 1.82 bits per heavy atom. The first-order chi connectivity index (χ1) is 16.2. The highest BCUT2D eigenvalue weighted by Crippen LogP contribution is 2.36. The maximum Gasteiger partial charge on any atom is 0.229 e. The molecular formula is C21H32O13. The number of methoxy groups -OCH3 is 1. The van der Waals surface area contributed by atoms with Gasteiger partial charge < -0.3 is 64.5 Å². The average Bonchev–Trinajstić information content (AvgIpc) is 3.12. The monoisotopic (exact) mass is 492 g/mol. The normalized spacial score (nSPS) is 36.9. The summed E-state index contributed by atoms with van der Waals surface area (Å²) in [7, 11) is 1.35. The van der Waals surface area contributed by atoms with Crippen LogP contribution in [0.4, 0.5) is 0 Å². The summed E-state index contributed by atoms with van der Waals surface area (Å²) < 4.78 is 27.5. The third kappa shape index (κ3) is 5.45. The van der Waals surface area contributed by atoms with E-state index in [-0.39, 0.29) is 24.5 Å². The predicted molar refractivity (Wildman–Crippen MR) is 111 cm³/mol. The zero-order valence-corrected chi connectivity index (χ0v) is 18.5. The second-order valence-electron chi connectivity index (χ2n) is 8.25. The maximum atomic E-state index is 10.6. The van der Waals surface area contributed by atoms with Gasteiger partial charge in [-0.15, -0.1) is 0 Å². The van der Waals surface area contributed by atoms with E-state index in [9.17, 15) is 35.7 Å². The highest BCUT2D eigenvalue weighted by atomic mass is 16.8. The Balaban J connectivity index is 1.84. The number of aliphatic hydroxyl groups excluding tert-OH is 7. The Hall–Kier alpha value is -1.62. The summed E-state index contributed by atoms with van der Waals surface area (Å²) in [4.78, 5) is 0. The van der Waals surface area contributed by atoms with Crippen molar-refractivity contribution in [3.63, 3.8) is 0 Å². The minimum Gasteiger partial charge on any atom is -0.493 e. The molecule has 2 aliphatic rings. The summed E-state index contributed by atoms with van der Waals surface area (Å²) >= 11 is 0. The smallest absolute Gasteiger partial charge is 0.229 e. The number of benzene rings is 1. The van der Waals surface area contributed by atoms with Crippen LogP contribution in [0.15, 0.2) is 18.2 Å². The third-order valence-electron chi connectivity index (χ3n) is 5.91. The number of hydrogen-bond donors (Lipinski definition) is 8. The molecule has 0 spiro atoms. The standard InChI is InChI=1S/C21H32O13/c1-30-13-6-10(11(25)4-5-22)2-3-12(13)32-19-17(16(27)15(26)14(7-23)33-19)34-20-18(28)21(29,8-24)9-31-20/h2-3,6,11,14-20,22-29H,4-5,7-9H2,1H3/t11?,14-,15-,16+,17-,18+,19-,20+,21-/m1/s1. The molecule has 2 fully saturated rings. The van der Waals surface area contributed by atoms with Gasteiger partial charge in [-0.05, 0) is 17.7 Å². The van der Waals surface area contributed by atoms with Gasteiger partial charge in [0.25, 0.3) is 0 Å². The molecule has 2 saturated heterocycles. The highest BCUT2D eigenvalue weighted by Gasteiger charge is 2.53. The topological polar surface area (TPSA) is 208 Å². The molecule has 0 amide bonds. The van der Waals surface area contributed by atoms with Crippen LogP contribution in [0.5, 0.6) is 11.5 Å². The van der Waals surface area contributed by atoms with Gasteiger partial charge in [-0.1, -0.05) is 6.07 Å². The summed E-state index contributed by atoms with van der Waals surface area (Å²) in [5, 5.41) is 79.4. The molecule has 0 aromatic heterocycles. The minimum absolute atomic E-state index is 0.0982. The van der Waals surface area contributed by atoms with Gasteiger partial charge in [0.2, 0.25) is 6.29 Å². The van der Waals surface area contributed by atoms with Gasteiger partial charge in [0.05, 0.1) is 33.0 Å². The van der Waals surface area contributed by atoms with Gasteiger partial charge in [0.15, 0.2) is 23.9 Å². The fourth-order valence-electron chi connectivity index (χ4n) is 3.76. The molecule has 0 aliphatic carbocycles. The summed E-state index contributed by atoms with van der Waals surface area (Å²) in [6.45, 7) is -2.13. The number of rotatable bonds is 10. The van der Waals surface area contributed by atoms with Crippen LogP contribution in [0.2, 0.25) is 0 Å². The van der Waals surface area contributed by atoms with E-state index in [1.807, 2.05) is 0 Å². The molecule has 1 aromatic carbocycles. The van der Waals surface area contributed by atoms with E-state index in [0.29, 0.717) is 5.56 Å². The Morgan fingerprint density at radius 3 is 2.41 bits per heavy atom. The first kappa shape index (κ1) is 27.0. The van der Waals surface area contributed by atoms with Crippen LogP contribution in [0.3, 0.4) is 0 Å². The van der Waals surface area contributed by atoms with E-state index in [2.05, 4.69) is 0 Å². The summed E-state index contributed by atoms with van der Waals surface area (Å²) in [5.41, 5.74) is -1.53. The molecule has 0 radical (unpaired) electrons. The molecule has 2 heterocycles. The zero-order valence-electron chi connectivity index (χ0n) is 18.5. The molecule has 0 bridgehead atoms. The van der Waals surface area contributed by atoms with E-state index in [0.717, 1.165) is 0 Å². The lowest BCUT2D eigenvalue weighted by atomic mass is 9.98. The van der Waals surface area contributed by atoms with Crippen LogP contribution < -0.4 is 9.47 Å². The molecule has 13 nitrogen and oxygen atoms in total. The van der Waals surface area contributed by atoms with Crippen molar-refractivity contribution in [1.29, 1.82) is 0 Å². The first-order valence-electron chi connectivity index (χ1n) is 10.7. The highest BCUT2D eigenvalue weighted by molar-refractivity contribution is 5.43. The van der Waals surface area contributed by atoms with Crippen molar-refractivity contribution >= 4 is 0 Å². The van der Waals surface area contributed by atoms with E-state index < -0.39 is 74.6 Å². The third-order valence-corrected chi connectivity index (χ3v) is 5.91. The van der Waals surface area contributed by atoms with E-state index in [4.69, 9.17) is 28.8 Å². The van der Waals surface area contributed by atoms with Gasteiger partial charge in [0.1, 0.15) is 30.0 Å². The lowest BCUT2D eigenvalue weighted by Crippen LogP contribution is -2.62. The van der Waals surface area contributed by atoms with Crippen molar-refractivity contribution in [1.82, 2.24) is 0 Å². The lowest BCUT2D eigenvalue weighted by molar-refractivity contribution is -0.319. The van der Waals surface area contributed by atoms with Crippen LogP contribution in [0, 0.1) is 0 Å². The molecule has 3 rings (SSSR count). The van der Waals surface area contributed by atoms with Crippen LogP contribution in [-0.4, -0.2) is 123 Å². The van der Waals surface area contributed by atoms with Crippen molar-refractivity contribution in [2.75, 3.05) is 33.5 Å². The van der Waals surface area contributed by atoms with Gasteiger partial charge in [-0.3, -0.25) is 0 Å². The lowest BCUT2D eigenvalue weighted by Gasteiger charge is -2.42. The van der Waals surface area contributed by atoms with Crippen LogP contribution in [0.1, 0.15) is 18.1 Å². The van der Waals surface area contributed by atoms with Crippen LogP contribution in [0.25, 0.3) is 0 Å². The molecule has 2 aliphatic heterocycles. The van der Waals surface area contributed by atoms with Crippen molar-refractivity contribution in [3.05, 3.63) is 23.8 Å². The molecule has 0 saturated carbocycles. The summed E-state index contributed by atoms with van der Waals surface area (Å²) in [6.07, 6.45) is -11.4. The van der Waals surface area contributed by atoms with Crippen LogP contribution in [-0.2, 0) is 14.2 Å². The molecule has 194 valence electrons. The summed E-state index contributed by atoms with van der Waals surface area (Å²) in [6, 6.07) is 4.46. The molecule has 13 heteroatoms. The predicted octanol–water partition coefficient (Wildman–Crippen LogP) is -3.25. The Bertz CT molecular complexity index is 794. The molecule has 8 N–H and O–H groups in total. The van der Waals surface area contributed by atoms with Crippen molar-refractivity contribution in [2.24, 2.45) is 0 Å². The SMILES string of the molecule is COc1cc(C(O)CCO)ccc1O[C@@H]1O[C@H](CO)[C@@H](O)[C@H](O)[C@H]1O[C@@H]1OC[C@](O)(CO)[C@H]1O. The second kappa shape index (κ2) is 11.4. The quantitative estimate of drug-likeness (QED) is 0.162. The van der Waals surface area contributed by atoms with E-state index in [1.165, 1.54) is 25.3 Å². The largest absolute Gasteiger partial charge is 0.493 e. The van der Waals surface area contributed by atoms with Gasteiger partial charge in [-0.2, -0.15) is 0 Å². The van der Waals surface area contributed by atoms with Crippen molar-refractivity contribution in [3.8, 4) is 11.5 Å². The number of aliphatic hydroxyl groups is 8. The molecule has 9 atom stereocenters. The average molecular weight is 492 g/mol. The van der Waals surface area contributed by atoms with Crippen molar-refractivity contribution < 1.29 is 64.5 Å². The Morgan fingerprint density at radius 1 is 1.09 bits per heavy atom. The molecule has 34 heavy (non-hydrogen) atoms. The zero-order chi connectivity index (χ0) is 25.0. The minimum atomic E-state index is -1.98. The number of ether oxygens (including phenoxy) is 5. The Labute approximate surface area is 195 Å². The van der Waals surface area contributed by atoms with Crippen molar-refractivity contribution in [2.45, 2.75) is 61.2 Å². The van der Waals surface area contributed by atoms with Gasteiger partial charge in [-0.25, -0.2) is 0 Å². The maximum absolute atomic E-state index is 10.6. The molecule has 1 aromatic rings. The first-order valence-corrected chi connectivity index (χ1v) is 10.7. The van der Waals surface area contributed by atoms with Crippen LogP contribution >= 0.6 is 0 Å². The fraction of sp³-hybridized carbons (Fsp3) is 0.714.